The Kier molecular flexibility index (Phi) is 5.57. The van der Waals surface area contributed by atoms with Gasteiger partial charge in [0.15, 0.2) is 0 Å². The molecule has 0 unspecified atom stereocenters. The summed E-state index contributed by atoms with van der Waals surface area (Å²) < 4.78 is 5.17. The standard InChI is InChI=1S/C24H22ClN3O3/c1-14-5-4-6-15(9-14)10-20-17-12-18(22(29)13-21(17)27-26-20)24(30)28(2)16-7-8-23(31-3)19(25)11-16/h4-9,11-13,29H,10H2,1-3H3,(H,26,27). The maximum atomic E-state index is 13.2. The fourth-order valence-corrected chi connectivity index (χ4v) is 3.84. The van der Waals surface area contributed by atoms with E-state index in [4.69, 9.17) is 16.3 Å². The molecular formula is C24H22ClN3O3. The summed E-state index contributed by atoms with van der Waals surface area (Å²) in [5.41, 5.74) is 4.55. The van der Waals surface area contributed by atoms with E-state index in [0.29, 0.717) is 28.4 Å². The van der Waals surface area contributed by atoms with E-state index >= 15 is 0 Å². The minimum atomic E-state index is -0.358. The molecule has 0 aliphatic carbocycles. The second-order valence-corrected chi connectivity index (χ2v) is 7.84. The molecule has 1 aromatic heterocycles. The van der Waals surface area contributed by atoms with Crippen molar-refractivity contribution in [2.24, 2.45) is 0 Å². The van der Waals surface area contributed by atoms with Crippen LogP contribution in [-0.2, 0) is 6.42 Å². The maximum Gasteiger partial charge on any atom is 0.261 e. The number of carbonyl (C=O) groups is 1. The van der Waals surface area contributed by atoms with Crippen LogP contribution in [0.3, 0.4) is 0 Å². The molecule has 0 saturated carbocycles. The molecule has 0 aliphatic rings. The minimum absolute atomic E-state index is 0.116. The fourth-order valence-electron chi connectivity index (χ4n) is 3.59. The summed E-state index contributed by atoms with van der Waals surface area (Å²) in [4.78, 5) is 14.6. The van der Waals surface area contributed by atoms with Crippen molar-refractivity contribution in [2.45, 2.75) is 13.3 Å². The largest absolute Gasteiger partial charge is 0.507 e. The van der Waals surface area contributed by atoms with Gasteiger partial charge in [0.1, 0.15) is 11.5 Å². The number of methoxy groups -OCH3 is 1. The third kappa shape index (κ3) is 4.07. The lowest BCUT2D eigenvalue weighted by molar-refractivity contribution is 0.0990. The second-order valence-electron chi connectivity index (χ2n) is 7.43. The van der Waals surface area contributed by atoms with Gasteiger partial charge in [0, 0.05) is 30.6 Å². The molecule has 0 fully saturated rings. The third-order valence-corrected chi connectivity index (χ3v) is 5.57. The molecule has 7 heteroatoms. The highest BCUT2D eigenvalue weighted by atomic mass is 35.5. The number of H-pyrrole nitrogens is 1. The van der Waals surface area contributed by atoms with Gasteiger partial charge in [-0.15, -0.1) is 0 Å². The molecule has 0 spiro atoms. The van der Waals surface area contributed by atoms with Crippen molar-refractivity contribution in [2.75, 3.05) is 19.1 Å². The molecule has 0 radical (unpaired) electrons. The van der Waals surface area contributed by atoms with Crippen LogP contribution < -0.4 is 9.64 Å². The van der Waals surface area contributed by atoms with Gasteiger partial charge >= 0.3 is 0 Å². The Balaban J connectivity index is 1.69. The first-order valence-corrected chi connectivity index (χ1v) is 10.1. The van der Waals surface area contributed by atoms with Crippen molar-refractivity contribution in [1.82, 2.24) is 10.2 Å². The van der Waals surface area contributed by atoms with Crippen LogP contribution in [0.5, 0.6) is 11.5 Å². The second kappa shape index (κ2) is 8.32. The van der Waals surface area contributed by atoms with Gasteiger partial charge in [0.25, 0.3) is 5.91 Å². The minimum Gasteiger partial charge on any atom is -0.507 e. The van der Waals surface area contributed by atoms with Crippen LogP contribution in [0.4, 0.5) is 5.69 Å². The van der Waals surface area contributed by atoms with Crippen molar-refractivity contribution < 1.29 is 14.6 Å². The van der Waals surface area contributed by atoms with Crippen LogP contribution >= 0.6 is 11.6 Å². The van der Waals surface area contributed by atoms with Crippen molar-refractivity contribution >= 4 is 34.1 Å². The van der Waals surface area contributed by atoms with E-state index in [9.17, 15) is 9.90 Å². The van der Waals surface area contributed by atoms with E-state index in [1.807, 2.05) is 25.1 Å². The third-order valence-electron chi connectivity index (χ3n) is 5.27. The summed E-state index contributed by atoms with van der Waals surface area (Å²) >= 11 is 6.20. The number of amides is 1. The van der Waals surface area contributed by atoms with Gasteiger partial charge in [-0.25, -0.2) is 0 Å². The molecule has 158 valence electrons. The molecule has 2 N–H and O–H groups in total. The molecule has 1 heterocycles. The predicted octanol–water partition coefficient (Wildman–Crippen LogP) is 5.11. The number of phenols is 1. The highest BCUT2D eigenvalue weighted by Crippen LogP contribution is 2.32. The number of carbonyl (C=O) groups excluding carboxylic acids is 1. The van der Waals surface area contributed by atoms with Crippen LogP contribution in [0, 0.1) is 6.92 Å². The molecule has 0 saturated heterocycles. The fraction of sp³-hybridized carbons (Fsp3) is 0.167. The Morgan fingerprint density at radius 2 is 2.00 bits per heavy atom. The number of hydrogen-bond acceptors (Lipinski definition) is 4. The Labute approximate surface area is 185 Å². The maximum absolute atomic E-state index is 13.2. The van der Waals surface area contributed by atoms with Gasteiger partial charge in [-0.3, -0.25) is 9.89 Å². The van der Waals surface area contributed by atoms with Gasteiger partial charge in [-0.1, -0.05) is 41.4 Å². The molecule has 31 heavy (non-hydrogen) atoms. The van der Waals surface area contributed by atoms with Crippen molar-refractivity contribution in [1.29, 1.82) is 0 Å². The van der Waals surface area contributed by atoms with Crippen molar-refractivity contribution in [3.63, 3.8) is 0 Å². The average Bonchev–Trinajstić information content (AvgIpc) is 3.13. The van der Waals surface area contributed by atoms with Gasteiger partial charge < -0.3 is 14.7 Å². The summed E-state index contributed by atoms with van der Waals surface area (Å²) in [6.07, 6.45) is 0.615. The van der Waals surface area contributed by atoms with Crippen LogP contribution in [-0.4, -0.2) is 35.4 Å². The number of nitrogens with zero attached hydrogens (tertiary/aromatic N) is 2. The number of aromatic hydroxyl groups is 1. The van der Waals surface area contributed by atoms with Gasteiger partial charge in [0.05, 0.1) is 28.9 Å². The van der Waals surface area contributed by atoms with E-state index < -0.39 is 0 Å². The van der Waals surface area contributed by atoms with Gasteiger partial charge in [-0.05, 0) is 36.8 Å². The number of nitrogens with one attached hydrogen (secondary N) is 1. The Morgan fingerprint density at radius 1 is 1.19 bits per heavy atom. The van der Waals surface area contributed by atoms with Gasteiger partial charge in [-0.2, -0.15) is 5.10 Å². The Morgan fingerprint density at radius 3 is 2.71 bits per heavy atom. The zero-order chi connectivity index (χ0) is 22.1. The number of aromatic amines is 1. The highest BCUT2D eigenvalue weighted by Gasteiger charge is 2.21. The van der Waals surface area contributed by atoms with Crippen LogP contribution in [0.15, 0.2) is 54.6 Å². The molecule has 0 atom stereocenters. The summed E-state index contributed by atoms with van der Waals surface area (Å²) in [7, 11) is 3.16. The quantitative estimate of drug-likeness (QED) is 0.456. The van der Waals surface area contributed by atoms with Crippen molar-refractivity contribution in [3.8, 4) is 11.5 Å². The number of phenolic OH excluding ortho intramolecular Hbond substituents is 1. The lowest BCUT2D eigenvalue weighted by Gasteiger charge is -2.19. The number of anilines is 1. The van der Waals surface area contributed by atoms with E-state index in [-0.39, 0.29) is 17.2 Å². The lowest BCUT2D eigenvalue weighted by atomic mass is 10.0. The average molecular weight is 436 g/mol. The lowest BCUT2D eigenvalue weighted by Crippen LogP contribution is -2.26. The number of hydrogen-bond donors (Lipinski definition) is 2. The molecule has 4 aromatic rings. The van der Waals surface area contributed by atoms with Gasteiger partial charge in [0.2, 0.25) is 0 Å². The molecule has 0 aliphatic heterocycles. The number of benzene rings is 3. The number of fused-ring (bicyclic) bond motifs is 1. The summed E-state index contributed by atoms with van der Waals surface area (Å²) in [5, 5.41) is 19.0. The zero-order valence-electron chi connectivity index (χ0n) is 17.4. The molecule has 0 bridgehead atoms. The normalized spacial score (nSPS) is 11.0. The molecule has 6 nitrogen and oxygen atoms in total. The predicted molar refractivity (Wildman–Crippen MR) is 122 cm³/mol. The monoisotopic (exact) mass is 435 g/mol. The molecule has 1 amide bonds. The summed E-state index contributed by atoms with van der Waals surface area (Å²) in [5.74, 6) is 0.0489. The van der Waals surface area contributed by atoms with Crippen LogP contribution in [0.2, 0.25) is 5.02 Å². The molecule has 4 rings (SSSR count). The summed E-state index contributed by atoms with van der Waals surface area (Å²) in [6.45, 7) is 2.04. The first kappa shape index (κ1) is 20.8. The molecular weight excluding hydrogens is 414 g/mol. The SMILES string of the molecule is COc1ccc(N(C)C(=O)c2cc3c(Cc4cccc(C)c4)n[nH]c3cc2O)cc1Cl. The highest BCUT2D eigenvalue weighted by molar-refractivity contribution is 6.32. The number of ether oxygens (including phenoxy) is 1. The smallest absolute Gasteiger partial charge is 0.261 e. The van der Waals surface area contributed by atoms with E-state index in [1.54, 1.807) is 31.3 Å². The molecule has 3 aromatic carbocycles. The van der Waals surface area contributed by atoms with Crippen LogP contribution in [0.1, 0.15) is 27.2 Å². The first-order valence-electron chi connectivity index (χ1n) is 9.74. The zero-order valence-corrected chi connectivity index (χ0v) is 18.2. The van der Waals surface area contributed by atoms with E-state index in [1.165, 1.54) is 23.6 Å². The summed E-state index contributed by atoms with van der Waals surface area (Å²) in [6, 6.07) is 16.5. The number of aromatic nitrogens is 2. The van der Waals surface area contributed by atoms with E-state index in [2.05, 4.69) is 16.3 Å². The first-order chi connectivity index (χ1) is 14.9. The number of aryl methyl sites for hydroxylation is 1. The Hall–Kier alpha value is -3.51. The Bertz CT molecular complexity index is 1280. The number of halogens is 1. The van der Waals surface area contributed by atoms with E-state index in [0.717, 1.165) is 16.6 Å². The van der Waals surface area contributed by atoms with Crippen molar-refractivity contribution in [3.05, 3.63) is 82.0 Å². The van der Waals surface area contributed by atoms with Crippen LogP contribution in [0.25, 0.3) is 10.9 Å². The number of rotatable bonds is 5. The topological polar surface area (TPSA) is 78.5 Å².